The number of likely N-dealkylation sites (N-methyl/N-ethyl adjacent to an activating group) is 1. The van der Waals surface area contributed by atoms with Crippen molar-refractivity contribution < 1.29 is 13.2 Å². The Morgan fingerprint density at radius 1 is 1.22 bits per heavy atom. The van der Waals surface area contributed by atoms with Crippen LogP contribution in [0.25, 0.3) is 0 Å². The van der Waals surface area contributed by atoms with Crippen molar-refractivity contribution in [3.63, 3.8) is 0 Å². The highest BCUT2D eigenvalue weighted by atomic mass is 32.2. The van der Waals surface area contributed by atoms with Crippen molar-refractivity contribution in [1.29, 1.82) is 0 Å². The number of carbonyl (C=O) groups excluding carboxylic acids is 1. The first-order valence-corrected chi connectivity index (χ1v) is 9.34. The minimum atomic E-state index is -3.39. The third-order valence-corrected chi connectivity index (χ3v) is 5.11. The van der Waals surface area contributed by atoms with Gasteiger partial charge in [-0.2, -0.15) is 4.31 Å². The fourth-order valence-corrected chi connectivity index (χ4v) is 2.79. The molecule has 1 aliphatic heterocycles. The Labute approximate surface area is 137 Å². The van der Waals surface area contributed by atoms with E-state index in [-0.39, 0.29) is 6.54 Å². The van der Waals surface area contributed by atoms with E-state index < -0.39 is 15.9 Å². The molecule has 1 aliphatic rings. The molecule has 1 aromatic rings. The highest BCUT2D eigenvalue weighted by molar-refractivity contribution is 7.88. The highest BCUT2D eigenvalue weighted by Crippen LogP contribution is 2.22. The summed E-state index contributed by atoms with van der Waals surface area (Å²) < 4.78 is 23.7. The topological polar surface area (TPSA) is 95.5 Å². The summed E-state index contributed by atoms with van der Waals surface area (Å²) in [6.45, 7) is 5.27. The Hall–Kier alpha value is -1.74. The van der Waals surface area contributed by atoms with Gasteiger partial charge in [-0.15, -0.1) is 0 Å². The zero-order valence-electron chi connectivity index (χ0n) is 14.0. The fourth-order valence-electron chi connectivity index (χ4n) is 2.44. The van der Waals surface area contributed by atoms with Gasteiger partial charge in [0.1, 0.15) is 0 Å². The van der Waals surface area contributed by atoms with Crippen molar-refractivity contribution in [2.45, 2.75) is 26.7 Å². The van der Waals surface area contributed by atoms with Crippen molar-refractivity contribution >= 4 is 27.6 Å². The fraction of sp³-hybridized carbons (Fsp3) is 0.643. The lowest BCUT2D eigenvalue weighted by atomic mass is 10.2. The molecule has 0 bridgehead atoms. The maximum absolute atomic E-state index is 12.0. The number of amides is 1. The Balaban J connectivity index is 2.12. The summed E-state index contributed by atoms with van der Waals surface area (Å²) >= 11 is 0. The lowest BCUT2D eigenvalue weighted by Gasteiger charge is -2.19. The van der Waals surface area contributed by atoms with Crippen molar-refractivity contribution in [2.24, 2.45) is 0 Å². The number of nitrogens with one attached hydrogen (secondary N) is 1. The molecule has 0 unspecified atom stereocenters. The minimum absolute atomic E-state index is 0.244. The van der Waals surface area contributed by atoms with E-state index in [2.05, 4.69) is 20.2 Å². The molecule has 1 N–H and O–H groups in total. The summed E-state index contributed by atoms with van der Waals surface area (Å²) in [6, 6.07) is 0. The van der Waals surface area contributed by atoms with E-state index in [1.165, 1.54) is 7.05 Å². The number of hydrogen-bond donors (Lipinski definition) is 1. The van der Waals surface area contributed by atoms with Crippen LogP contribution in [0.5, 0.6) is 0 Å². The summed E-state index contributed by atoms with van der Waals surface area (Å²) in [6.07, 6.45) is 3.33. The second-order valence-electron chi connectivity index (χ2n) is 5.83. The lowest BCUT2D eigenvalue weighted by Crippen LogP contribution is -2.34. The molecule has 0 atom stereocenters. The third kappa shape index (κ3) is 4.38. The predicted octanol–water partition coefficient (Wildman–Crippen LogP) is 0.524. The minimum Gasteiger partial charge on any atom is -0.341 e. The van der Waals surface area contributed by atoms with Crippen LogP contribution in [0.2, 0.25) is 0 Å². The largest absolute Gasteiger partial charge is 0.341 e. The number of sulfonamides is 1. The molecule has 2 heterocycles. The molecule has 0 aromatic carbocycles. The zero-order valence-corrected chi connectivity index (χ0v) is 14.8. The molecular weight excluding hydrogens is 318 g/mol. The van der Waals surface area contributed by atoms with E-state index in [0.29, 0.717) is 23.0 Å². The standard InChI is InChI=1S/C14H23N5O3S/c1-10-13(17-12(20)9-18(3)23(4,21)22)11(2)16-14(15-10)19-7-5-6-8-19/h5-9H2,1-4H3,(H,17,20). The van der Waals surface area contributed by atoms with Gasteiger partial charge in [-0.25, -0.2) is 18.4 Å². The molecular formula is C14H23N5O3S. The molecule has 0 aliphatic carbocycles. The van der Waals surface area contributed by atoms with Crippen LogP contribution < -0.4 is 10.2 Å². The molecule has 1 aromatic heterocycles. The molecule has 1 saturated heterocycles. The van der Waals surface area contributed by atoms with Crippen LogP contribution in [0.1, 0.15) is 24.2 Å². The molecule has 2 rings (SSSR count). The first-order valence-electron chi connectivity index (χ1n) is 7.50. The monoisotopic (exact) mass is 341 g/mol. The van der Waals surface area contributed by atoms with E-state index in [0.717, 1.165) is 36.5 Å². The average molecular weight is 341 g/mol. The third-order valence-electron chi connectivity index (χ3n) is 3.84. The van der Waals surface area contributed by atoms with Gasteiger partial charge in [0.2, 0.25) is 21.9 Å². The number of hydrogen-bond acceptors (Lipinski definition) is 6. The van der Waals surface area contributed by atoms with Gasteiger partial charge >= 0.3 is 0 Å². The zero-order chi connectivity index (χ0) is 17.2. The van der Waals surface area contributed by atoms with Crippen LogP contribution in [0.4, 0.5) is 11.6 Å². The van der Waals surface area contributed by atoms with Gasteiger partial charge in [-0.1, -0.05) is 0 Å². The number of rotatable bonds is 5. The van der Waals surface area contributed by atoms with Gasteiger partial charge in [0, 0.05) is 20.1 Å². The van der Waals surface area contributed by atoms with Gasteiger partial charge in [-0.3, -0.25) is 4.79 Å². The molecule has 1 fully saturated rings. The van der Waals surface area contributed by atoms with Crippen molar-refractivity contribution in [3.05, 3.63) is 11.4 Å². The predicted molar refractivity (Wildman–Crippen MR) is 89.1 cm³/mol. The van der Waals surface area contributed by atoms with Crippen LogP contribution in [0, 0.1) is 13.8 Å². The number of anilines is 2. The maximum Gasteiger partial charge on any atom is 0.239 e. The first-order chi connectivity index (χ1) is 10.7. The normalized spacial score (nSPS) is 15.3. The van der Waals surface area contributed by atoms with Gasteiger partial charge in [-0.05, 0) is 26.7 Å². The Bertz CT molecular complexity index is 675. The number of aryl methyl sites for hydroxylation is 2. The number of carbonyl (C=O) groups is 1. The van der Waals surface area contributed by atoms with Crippen molar-refractivity contribution in [3.8, 4) is 0 Å². The van der Waals surface area contributed by atoms with Crippen LogP contribution in [0.3, 0.4) is 0 Å². The quantitative estimate of drug-likeness (QED) is 0.839. The molecule has 0 spiro atoms. The maximum atomic E-state index is 12.0. The molecule has 8 nitrogen and oxygen atoms in total. The van der Waals surface area contributed by atoms with Crippen LogP contribution in [0.15, 0.2) is 0 Å². The Morgan fingerprint density at radius 2 is 1.74 bits per heavy atom. The van der Waals surface area contributed by atoms with Crippen LogP contribution in [-0.4, -0.2) is 61.5 Å². The molecule has 0 saturated carbocycles. The highest BCUT2D eigenvalue weighted by Gasteiger charge is 2.20. The van der Waals surface area contributed by atoms with E-state index in [1.807, 2.05) is 13.8 Å². The lowest BCUT2D eigenvalue weighted by molar-refractivity contribution is -0.116. The smallest absolute Gasteiger partial charge is 0.239 e. The molecule has 9 heteroatoms. The molecule has 23 heavy (non-hydrogen) atoms. The van der Waals surface area contributed by atoms with Gasteiger partial charge in [0.25, 0.3) is 0 Å². The summed E-state index contributed by atoms with van der Waals surface area (Å²) in [5.41, 5.74) is 1.89. The van der Waals surface area contributed by atoms with Gasteiger partial charge < -0.3 is 10.2 Å². The summed E-state index contributed by atoms with van der Waals surface area (Å²) in [4.78, 5) is 23.1. The van der Waals surface area contributed by atoms with E-state index in [1.54, 1.807) is 0 Å². The van der Waals surface area contributed by atoms with Crippen LogP contribution >= 0.6 is 0 Å². The SMILES string of the molecule is Cc1nc(N2CCCC2)nc(C)c1NC(=O)CN(C)S(C)(=O)=O. The number of aromatic nitrogens is 2. The van der Waals surface area contributed by atoms with Crippen molar-refractivity contribution in [2.75, 3.05) is 43.2 Å². The van der Waals surface area contributed by atoms with Crippen molar-refractivity contribution in [1.82, 2.24) is 14.3 Å². The van der Waals surface area contributed by atoms with Crippen LogP contribution in [-0.2, 0) is 14.8 Å². The summed E-state index contributed by atoms with van der Waals surface area (Å²) in [5.74, 6) is 0.269. The second kappa shape index (κ2) is 6.79. The van der Waals surface area contributed by atoms with E-state index in [9.17, 15) is 13.2 Å². The average Bonchev–Trinajstić information content (AvgIpc) is 2.95. The van der Waals surface area contributed by atoms with Gasteiger partial charge in [0.05, 0.1) is 29.9 Å². The first kappa shape index (κ1) is 17.6. The van der Waals surface area contributed by atoms with E-state index in [4.69, 9.17) is 0 Å². The molecule has 128 valence electrons. The van der Waals surface area contributed by atoms with Gasteiger partial charge in [0.15, 0.2) is 0 Å². The molecule has 0 radical (unpaired) electrons. The Morgan fingerprint density at radius 3 is 2.22 bits per heavy atom. The molecule has 1 amide bonds. The summed E-state index contributed by atoms with van der Waals surface area (Å²) in [5, 5.41) is 2.71. The second-order valence-corrected chi connectivity index (χ2v) is 7.92. The number of nitrogens with zero attached hydrogens (tertiary/aromatic N) is 4. The summed E-state index contributed by atoms with van der Waals surface area (Å²) in [7, 11) is -2.03. The van der Waals surface area contributed by atoms with E-state index >= 15 is 0 Å². The Kier molecular flexibility index (Phi) is 5.20.